The van der Waals surface area contributed by atoms with Crippen molar-refractivity contribution in [2.24, 2.45) is 7.05 Å². The zero-order valence-corrected chi connectivity index (χ0v) is 15.0. The first kappa shape index (κ1) is 17.5. The summed E-state index contributed by atoms with van der Waals surface area (Å²) in [4.78, 5) is 16.6. The molecule has 0 bridgehead atoms. The average molecular weight is 351 g/mol. The van der Waals surface area contributed by atoms with E-state index in [1.165, 1.54) is 0 Å². The molecule has 0 atom stereocenters. The van der Waals surface area contributed by atoms with Gasteiger partial charge >= 0.3 is 0 Å². The van der Waals surface area contributed by atoms with E-state index in [0.29, 0.717) is 23.7 Å². The Labute approximate surface area is 152 Å². The summed E-state index contributed by atoms with van der Waals surface area (Å²) >= 11 is 0. The van der Waals surface area contributed by atoms with Crippen molar-refractivity contribution >= 4 is 5.91 Å². The second-order valence-corrected chi connectivity index (χ2v) is 5.80. The van der Waals surface area contributed by atoms with Crippen LogP contribution in [0.5, 0.6) is 11.5 Å². The van der Waals surface area contributed by atoms with Crippen molar-refractivity contribution in [2.45, 2.75) is 6.54 Å². The Bertz CT molecular complexity index is 904. The molecule has 3 rings (SSSR count). The Morgan fingerprint density at radius 3 is 2.58 bits per heavy atom. The number of amides is 1. The molecule has 3 aromatic rings. The molecule has 0 aliphatic heterocycles. The van der Waals surface area contributed by atoms with E-state index in [4.69, 9.17) is 9.47 Å². The normalized spacial score (nSPS) is 10.4. The predicted molar refractivity (Wildman–Crippen MR) is 99.4 cm³/mol. The number of benzene rings is 1. The third-order valence-corrected chi connectivity index (χ3v) is 4.18. The first-order valence-electron chi connectivity index (χ1n) is 8.19. The molecule has 2 aromatic heterocycles. The predicted octanol–water partition coefficient (Wildman–Crippen LogP) is 3.03. The molecule has 1 amide bonds. The number of rotatable bonds is 6. The summed E-state index contributed by atoms with van der Waals surface area (Å²) in [7, 11) is 5.03. The minimum Gasteiger partial charge on any atom is -0.493 e. The SMILES string of the molecule is COc1cccc(CNC(=O)c2cc(-c3ccncc3)cn2C)c1OC. The molecule has 0 fully saturated rings. The zero-order chi connectivity index (χ0) is 18.5. The highest BCUT2D eigenvalue weighted by atomic mass is 16.5. The lowest BCUT2D eigenvalue weighted by Gasteiger charge is -2.13. The van der Waals surface area contributed by atoms with Gasteiger partial charge in [-0.25, -0.2) is 0 Å². The number of ether oxygens (including phenoxy) is 2. The maximum atomic E-state index is 12.6. The Morgan fingerprint density at radius 1 is 1.12 bits per heavy atom. The van der Waals surface area contributed by atoms with Crippen molar-refractivity contribution < 1.29 is 14.3 Å². The minimum atomic E-state index is -0.155. The monoisotopic (exact) mass is 351 g/mol. The molecule has 0 saturated carbocycles. The molecule has 26 heavy (non-hydrogen) atoms. The lowest BCUT2D eigenvalue weighted by atomic mass is 10.1. The Balaban J connectivity index is 1.77. The fraction of sp³-hybridized carbons (Fsp3) is 0.200. The first-order valence-corrected chi connectivity index (χ1v) is 8.19. The van der Waals surface area contributed by atoms with Gasteiger partial charge in [-0.15, -0.1) is 0 Å². The van der Waals surface area contributed by atoms with Gasteiger partial charge in [0.2, 0.25) is 0 Å². The van der Waals surface area contributed by atoms with Gasteiger partial charge in [0, 0.05) is 43.3 Å². The zero-order valence-electron chi connectivity index (χ0n) is 15.0. The molecule has 0 unspecified atom stereocenters. The number of carbonyl (C=O) groups is 1. The maximum Gasteiger partial charge on any atom is 0.268 e. The smallest absolute Gasteiger partial charge is 0.268 e. The number of carbonyl (C=O) groups excluding carboxylic acids is 1. The van der Waals surface area contributed by atoms with Crippen LogP contribution in [0.4, 0.5) is 0 Å². The summed E-state index contributed by atoms with van der Waals surface area (Å²) in [5.74, 6) is 1.11. The third kappa shape index (κ3) is 3.54. The molecule has 0 aliphatic rings. The van der Waals surface area contributed by atoms with Gasteiger partial charge in [-0.2, -0.15) is 0 Å². The first-order chi connectivity index (χ1) is 12.6. The second-order valence-electron chi connectivity index (χ2n) is 5.80. The van der Waals surface area contributed by atoms with Gasteiger partial charge in [-0.1, -0.05) is 12.1 Å². The van der Waals surface area contributed by atoms with E-state index in [1.807, 2.05) is 54.2 Å². The molecule has 0 aliphatic carbocycles. The number of nitrogens with zero attached hydrogens (tertiary/aromatic N) is 2. The van der Waals surface area contributed by atoms with Crippen molar-refractivity contribution in [3.05, 3.63) is 66.2 Å². The standard InChI is InChI=1S/C20H21N3O3/c1-23-13-16(14-7-9-21-10-8-14)11-17(23)20(24)22-12-15-5-4-6-18(25-2)19(15)26-3/h4-11,13H,12H2,1-3H3,(H,22,24). The van der Waals surface area contributed by atoms with Gasteiger partial charge in [0.05, 0.1) is 14.2 Å². The lowest BCUT2D eigenvalue weighted by Crippen LogP contribution is -2.25. The molecule has 0 spiro atoms. The highest BCUT2D eigenvalue weighted by molar-refractivity contribution is 5.94. The van der Waals surface area contributed by atoms with Crippen LogP contribution in [0.3, 0.4) is 0 Å². The Morgan fingerprint density at radius 2 is 1.88 bits per heavy atom. The minimum absolute atomic E-state index is 0.155. The number of aromatic nitrogens is 2. The molecule has 6 heteroatoms. The molecule has 1 N–H and O–H groups in total. The quantitative estimate of drug-likeness (QED) is 0.741. The van der Waals surface area contributed by atoms with Gasteiger partial charge in [0.25, 0.3) is 5.91 Å². The van der Waals surface area contributed by atoms with Crippen LogP contribution in [0, 0.1) is 0 Å². The van der Waals surface area contributed by atoms with Gasteiger partial charge < -0.3 is 19.4 Å². The van der Waals surface area contributed by atoms with Crippen LogP contribution in [0.2, 0.25) is 0 Å². The van der Waals surface area contributed by atoms with Crippen LogP contribution < -0.4 is 14.8 Å². The second kappa shape index (κ2) is 7.74. The topological polar surface area (TPSA) is 65.4 Å². The molecule has 0 radical (unpaired) electrons. The third-order valence-electron chi connectivity index (χ3n) is 4.18. The van der Waals surface area contributed by atoms with Crippen molar-refractivity contribution in [1.29, 1.82) is 0 Å². The van der Waals surface area contributed by atoms with Crippen LogP contribution in [0.15, 0.2) is 55.0 Å². The molecule has 6 nitrogen and oxygen atoms in total. The van der Waals surface area contributed by atoms with Crippen molar-refractivity contribution in [1.82, 2.24) is 14.9 Å². The van der Waals surface area contributed by atoms with E-state index in [2.05, 4.69) is 10.3 Å². The maximum absolute atomic E-state index is 12.6. The van der Waals surface area contributed by atoms with Crippen molar-refractivity contribution in [3.8, 4) is 22.6 Å². The number of hydrogen-bond donors (Lipinski definition) is 1. The fourth-order valence-electron chi connectivity index (χ4n) is 2.85. The number of hydrogen-bond acceptors (Lipinski definition) is 4. The van der Waals surface area contributed by atoms with Gasteiger partial charge in [-0.05, 0) is 29.8 Å². The summed E-state index contributed by atoms with van der Waals surface area (Å²) in [5.41, 5.74) is 3.42. The van der Waals surface area contributed by atoms with E-state index in [0.717, 1.165) is 16.7 Å². The molecule has 2 heterocycles. The van der Waals surface area contributed by atoms with E-state index >= 15 is 0 Å². The van der Waals surface area contributed by atoms with Crippen LogP contribution in [0.1, 0.15) is 16.1 Å². The molecule has 134 valence electrons. The van der Waals surface area contributed by atoms with Crippen LogP contribution in [-0.4, -0.2) is 29.7 Å². The van der Waals surface area contributed by atoms with E-state index < -0.39 is 0 Å². The number of methoxy groups -OCH3 is 2. The summed E-state index contributed by atoms with van der Waals surface area (Å²) < 4.78 is 12.5. The van der Waals surface area contributed by atoms with Gasteiger partial charge in [-0.3, -0.25) is 9.78 Å². The molecular weight excluding hydrogens is 330 g/mol. The number of aryl methyl sites for hydroxylation is 1. The number of nitrogens with one attached hydrogen (secondary N) is 1. The Hall–Kier alpha value is -3.28. The Kier molecular flexibility index (Phi) is 5.22. The van der Waals surface area contributed by atoms with E-state index in [1.54, 1.807) is 26.6 Å². The van der Waals surface area contributed by atoms with Gasteiger partial charge in [0.15, 0.2) is 11.5 Å². The number of pyridine rings is 1. The lowest BCUT2D eigenvalue weighted by molar-refractivity contribution is 0.0942. The molecular formula is C20H21N3O3. The highest BCUT2D eigenvalue weighted by Crippen LogP contribution is 2.30. The van der Waals surface area contributed by atoms with Crippen LogP contribution >= 0.6 is 0 Å². The summed E-state index contributed by atoms with van der Waals surface area (Å²) in [5, 5.41) is 2.94. The largest absolute Gasteiger partial charge is 0.493 e. The fourth-order valence-corrected chi connectivity index (χ4v) is 2.85. The van der Waals surface area contributed by atoms with E-state index in [9.17, 15) is 4.79 Å². The highest BCUT2D eigenvalue weighted by Gasteiger charge is 2.15. The average Bonchev–Trinajstić information content (AvgIpc) is 3.08. The summed E-state index contributed by atoms with van der Waals surface area (Å²) in [6.45, 7) is 0.342. The van der Waals surface area contributed by atoms with Gasteiger partial charge in [0.1, 0.15) is 5.69 Å². The van der Waals surface area contributed by atoms with Crippen LogP contribution in [-0.2, 0) is 13.6 Å². The molecule has 1 aromatic carbocycles. The summed E-state index contributed by atoms with van der Waals surface area (Å²) in [6, 6.07) is 11.3. The van der Waals surface area contributed by atoms with Crippen molar-refractivity contribution in [3.63, 3.8) is 0 Å². The summed E-state index contributed by atoms with van der Waals surface area (Å²) in [6.07, 6.45) is 5.39. The van der Waals surface area contributed by atoms with E-state index in [-0.39, 0.29) is 5.91 Å². The number of para-hydroxylation sites is 1. The van der Waals surface area contributed by atoms with Crippen LogP contribution in [0.25, 0.3) is 11.1 Å². The van der Waals surface area contributed by atoms with Crippen molar-refractivity contribution in [2.75, 3.05) is 14.2 Å². The molecule has 0 saturated heterocycles.